The van der Waals surface area contributed by atoms with Gasteiger partial charge in [0.05, 0.1) is 0 Å². The van der Waals surface area contributed by atoms with Crippen LogP contribution in [0.15, 0.2) is 30.3 Å². The molecule has 0 bridgehead atoms. The molecule has 1 atom stereocenters. The Kier molecular flexibility index (Phi) is 2.50. The van der Waals surface area contributed by atoms with Crippen LogP contribution in [0.5, 0.6) is 0 Å². The third-order valence-corrected chi connectivity index (χ3v) is 2.14. The Labute approximate surface area is 66.0 Å². The number of benzene rings is 1. The van der Waals surface area contributed by atoms with Crippen LogP contribution in [0.1, 0.15) is 10.4 Å². The van der Waals surface area contributed by atoms with Crippen molar-refractivity contribution in [1.82, 2.24) is 0 Å². The first-order chi connectivity index (χ1) is 5.22. The lowest BCUT2D eigenvalue weighted by Gasteiger charge is -1.93. The molecular formula is C8H8O2P. The van der Waals surface area contributed by atoms with Crippen LogP contribution in [0.4, 0.5) is 0 Å². The molecule has 0 aromatic heterocycles. The summed E-state index contributed by atoms with van der Waals surface area (Å²) >= 11 is 0. The van der Waals surface area contributed by atoms with E-state index < -0.39 is 7.80 Å². The Morgan fingerprint density at radius 1 is 1.27 bits per heavy atom. The van der Waals surface area contributed by atoms with Gasteiger partial charge < -0.3 is 0 Å². The molecule has 0 aliphatic carbocycles. The van der Waals surface area contributed by atoms with Gasteiger partial charge in [-0.1, -0.05) is 30.3 Å². The molecule has 2 nitrogen and oxygen atoms in total. The molecule has 1 unspecified atom stereocenters. The van der Waals surface area contributed by atoms with Gasteiger partial charge in [-0.2, -0.15) is 0 Å². The van der Waals surface area contributed by atoms with Gasteiger partial charge >= 0.3 is 0 Å². The molecule has 0 saturated heterocycles. The van der Waals surface area contributed by atoms with Crippen LogP contribution in [0.3, 0.4) is 0 Å². The summed E-state index contributed by atoms with van der Waals surface area (Å²) < 4.78 is 10.7. The van der Waals surface area contributed by atoms with Crippen molar-refractivity contribution in [2.75, 3.05) is 6.66 Å². The maximum absolute atomic E-state index is 11.1. The molecule has 0 N–H and O–H groups in total. The highest BCUT2D eigenvalue weighted by molar-refractivity contribution is 7.63. The van der Waals surface area contributed by atoms with Gasteiger partial charge in [0.15, 0.2) is 0 Å². The summed E-state index contributed by atoms with van der Waals surface area (Å²) in [6, 6.07) is 8.66. The summed E-state index contributed by atoms with van der Waals surface area (Å²) in [4.78, 5) is 11.1. The van der Waals surface area contributed by atoms with Gasteiger partial charge in [0.2, 0.25) is 5.52 Å². The molecule has 0 aliphatic heterocycles. The normalized spacial score (nSPS) is 10.8. The maximum atomic E-state index is 11.1. The van der Waals surface area contributed by atoms with Gasteiger partial charge in [0.25, 0.3) is 0 Å². The number of rotatable bonds is 2. The monoisotopic (exact) mass is 167 g/mol. The molecule has 0 saturated carbocycles. The average Bonchev–Trinajstić information content (AvgIpc) is 2.05. The third kappa shape index (κ3) is 1.95. The van der Waals surface area contributed by atoms with Crippen LogP contribution >= 0.6 is 7.80 Å². The Hall–Kier alpha value is -1.01. The molecule has 0 heterocycles. The van der Waals surface area contributed by atoms with E-state index in [-0.39, 0.29) is 5.52 Å². The fraction of sp³-hybridized carbons (Fsp3) is 0.125. The zero-order valence-corrected chi connectivity index (χ0v) is 7.04. The number of carbonyl (C=O) groups excluding carboxylic acids is 1. The lowest BCUT2D eigenvalue weighted by molar-refractivity contribution is 0.107. The molecule has 0 amide bonds. The predicted octanol–water partition coefficient (Wildman–Crippen LogP) is 2.28. The molecule has 3 heteroatoms. The van der Waals surface area contributed by atoms with E-state index in [2.05, 4.69) is 0 Å². The topological polar surface area (TPSA) is 34.1 Å². The quantitative estimate of drug-likeness (QED) is 0.633. The van der Waals surface area contributed by atoms with Crippen LogP contribution in [0, 0.1) is 0 Å². The van der Waals surface area contributed by atoms with Crippen LogP contribution in [-0.2, 0) is 4.57 Å². The Morgan fingerprint density at radius 2 is 1.82 bits per heavy atom. The van der Waals surface area contributed by atoms with Gasteiger partial charge in [0, 0.05) is 12.2 Å². The molecule has 57 valence electrons. The van der Waals surface area contributed by atoms with E-state index in [1.165, 1.54) is 6.66 Å². The molecule has 0 fully saturated rings. The van der Waals surface area contributed by atoms with Crippen molar-refractivity contribution in [3.8, 4) is 0 Å². The van der Waals surface area contributed by atoms with Crippen molar-refractivity contribution in [2.24, 2.45) is 0 Å². The minimum atomic E-state index is -1.73. The minimum Gasteiger partial charge on any atom is -0.281 e. The summed E-state index contributed by atoms with van der Waals surface area (Å²) in [5.74, 6) is 0. The molecule has 1 aromatic rings. The van der Waals surface area contributed by atoms with Gasteiger partial charge in [-0.25, -0.2) is 0 Å². The second-order valence-electron chi connectivity index (χ2n) is 2.17. The molecule has 1 radical (unpaired) electrons. The largest absolute Gasteiger partial charge is 0.281 e. The first-order valence-electron chi connectivity index (χ1n) is 3.22. The second-order valence-corrected chi connectivity index (χ2v) is 3.57. The summed E-state index contributed by atoms with van der Waals surface area (Å²) in [5, 5.41) is 0. The van der Waals surface area contributed by atoms with E-state index in [1.807, 2.05) is 6.07 Å². The number of hydrogen-bond donors (Lipinski definition) is 0. The van der Waals surface area contributed by atoms with Crippen LogP contribution in [0.25, 0.3) is 0 Å². The van der Waals surface area contributed by atoms with E-state index in [0.29, 0.717) is 5.56 Å². The van der Waals surface area contributed by atoms with Crippen LogP contribution in [0.2, 0.25) is 0 Å². The van der Waals surface area contributed by atoms with E-state index in [0.717, 1.165) is 0 Å². The second kappa shape index (κ2) is 3.40. The maximum Gasteiger partial charge on any atom is 0.241 e. The van der Waals surface area contributed by atoms with Crippen molar-refractivity contribution in [2.45, 2.75) is 0 Å². The highest BCUT2D eigenvalue weighted by atomic mass is 31.1. The van der Waals surface area contributed by atoms with E-state index in [4.69, 9.17) is 0 Å². The van der Waals surface area contributed by atoms with Gasteiger partial charge in [0.1, 0.15) is 7.80 Å². The van der Waals surface area contributed by atoms with Gasteiger partial charge in [-0.05, 0) is 0 Å². The fourth-order valence-electron chi connectivity index (χ4n) is 0.763. The zero-order chi connectivity index (χ0) is 8.27. The molecule has 0 spiro atoms. The van der Waals surface area contributed by atoms with E-state index in [9.17, 15) is 9.36 Å². The van der Waals surface area contributed by atoms with Crippen molar-refractivity contribution >= 4 is 13.3 Å². The molecule has 11 heavy (non-hydrogen) atoms. The summed E-state index contributed by atoms with van der Waals surface area (Å²) in [6.07, 6.45) is 0. The van der Waals surface area contributed by atoms with Crippen LogP contribution in [-0.4, -0.2) is 12.2 Å². The molecular weight excluding hydrogens is 159 g/mol. The van der Waals surface area contributed by atoms with Crippen molar-refractivity contribution in [3.63, 3.8) is 0 Å². The zero-order valence-electron chi connectivity index (χ0n) is 6.15. The first kappa shape index (κ1) is 8.09. The Bertz CT molecular complexity index is 279. The number of carbonyl (C=O) groups is 1. The summed E-state index contributed by atoms with van der Waals surface area (Å²) in [5.41, 5.74) is 0.247. The highest BCUT2D eigenvalue weighted by Crippen LogP contribution is 2.21. The Balaban J connectivity index is 2.95. The minimum absolute atomic E-state index is 0.277. The lowest BCUT2D eigenvalue weighted by atomic mass is 10.2. The summed E-state index contributed by atoms with van der Waals surface area (Å²) in [6.45, 7) is 1.42. The van der Waals surface area contributed by atoms with Crippen molar-refractivity contribution in [3.05, 3.63) is 35.9 Å². The molecule has 0 aliphatic rings. The van der Waals surface area contributed by atoms with Gasteiger partial charge in [-0.15, -0.1) is 0 Å². The van der Waals surface area contributed by atoms with Crippen molar-refractivity contribution in [1.29, 1.82) is 0 Å². The average molecular weight is 167 g/mol. The van der Waals surface area contributed by atoms with Crippen molar-refractivity contribution < 1.29 is 9.36 Å². The highest BCUT2D eigenvalue weighted by Gasteiger charge is 2.07. The van der Waals surface area contributed by atoms with Gasteiger partial charge in [-0.3, -0.25) is 9.36 Å². The third-order valence-electron chi connectivity index (χ3n) is 1.31. The molecule has 1 aromatic carbocycles. The first-order valence-corrected chi connectivity index (χ1v) is 4.92. The lowest BCUT2D eigenvalue weighted by Crippen LogP contribution is -1.90. The standard InChI is InChI=1S/C8H8O2P/c1-11(10)8(9)7-5-3-2-4-6-7/h2-6H,1H3. The fourth-order valence-corrected chi connectivity index (χ4v) is 1.28. The molecule has 1 rings (SSSR count). The SMILES string of the molecule is C[P](=O)C(=O)c1ccccc1. The van der Waals surface area contributed by atoms with E-state index >= 15 is 0 Å². The van der Waals surface area contributed by atoms with E-state index in [1.54, 1.807) is 24.3 Å². The predicted molar refractivity (Wildman–Crippen MR) is 44.3 cm³/mol. The smallest absolute Gasteiger partial charge is 0.241 e. The number of hydrogen-bond acceptors (Lipinski definition) is 2. The summed E-state index contributed by atoms with van der Waals surface area (Å²) in [7, 11) is -1.73. The Morgan fingerprint density at radius 3 is 2.27 bits per heavy atom. The van der Waals surface area contributed by atoms with Crippen LogP contribution < -0.4 is 0 Å².